The zero-order chi connectivity index (χ0) is 20.3. The number of carbonyl (C=O) groups excluding carboxylic acids is 1. The molecule has 7 heteroatoms. The molecular weight excluding hydrogens is 379 g/mol. The van der Waals surface area contributed by atoms with Gasteiger partial charge >= 0.3 is 0 Å². The minimum Gasteiger partial charge on any atom is -0.322 e. The van der Waals surface area contributed by atoms with Gasteiger partial charge in [0, 0.05) is 16.9 Å². The quantitative estimate of drug-likeness (QED) is 0.665. The molecule has 0 radical (unpaired) electrons. The van der Waals surface area contributed by atoms with E-state index in [1.807, 2.05) is 19.9 Å². The van der Waals surface area contributed by atoms with E-state index in [1.54, 1.807) is 12.1 Å². The SMILES string of the molecule is Cc1cc(C)cc(NS(=O)(=O)c2ccc(NC(=O)c3ccc(F)cc3)cc2)c1. The number of nitrogens with one attached hydrogen (secondary N) is 2. The summed E-state index contributed by atoms with van der Waals surface area (Å²) in [5.41, 5.74) is 3.13. The number of anilines is 2. The molecule has 5 nitrogen and oxygen atoms in total. The van der Waals surface area contributed by atoms with Crippen LogP contribution in [0.15, 0.2) is 71.6 Å². The van der Waals surface area contributed by atoms with Crippen molar-refractivity contribution in [2.75, 3.05) is 10.0 Å². The van der Waals surface area contributed by atoms with Crippen molar-refractivity contribution in [3.63, 3.8) is 0 Å². The van der Waals surface area contributed by atoms with Crippen LogP contribution in [-0.2, 0) is 10.0 Å². The first-order valence-electron chi connectivity index (χ1n) is 8.51. The maximum atomic E-state index is 12.9. The van der Waals surface area contributed by atoms with Gasteiger partial charge in [-0.2, -0.15) is 0 Å². The predicted octanol–water partition coefficient (Wildman–Crippen LogP) is 4.50. The molecule has 0 heterocycles. The zero-order valence-corrected chi connectivity index (χ0v) is 16.2. The minimum absolute atomic E-state index is 0.0754. The summed E-state index contributed by atoms with van der Waals surface area (Å²) >= 11 is 0. The lowest BCUT2D eigenvalue weighted by molar-refractivity contribution is 0.102. The molecule has 0 bridgehead atoms. The van der Waals surface area contributed by atoms with E-state index in [-0.39, 0.29) is 4.90 Å². The van der Waals surface area contributed by atoms with Crippen molar-refractivity contribution in [2.45, 2.75) is 18.7 Å². The third-order valence-corrected chi connectivity index (χ3v) is 5.40. The number of rotatable bonds is 5. The first-order chi connectivity index (χ1) is 13.2. The highest BCUT2D eigenvalue weighted by molar-refractivity contribution is 7.92. The molecule has 2 N–H and O–H groups in total. The predicted molar refractivity (Wildman–Crippen MR) is 108 cm³/mol. The smallest absolute Gasteiger partial charge is 0.261 e. The van der Waals surface area contributed by atoms with Gasteiger partial charge in [-0.05, 0) is 85.6 Å². The van der Waals surface area contributed by atoms with Crippen molar-refractivity contribution in [3.8, 4) is 0 Å². The Morgan fingerprint density at radius 3 is 1.96 bits per heavy atom. The Bertz CT molecular complexity index is 1090. The fourth-order valence-electron chi connectivity index (χ4n) is 2.77. The average molecular weight is 398 g/mol. The molecule has 0 atom stereocenters. The number of benzene rings is 3. The number of halogens is 1. The van der Waals surface area contributed by atoms with Crippen LogP contribution in [0.25, 0.3) is 0 Å². The van der Waals surface area contributed by atoms with Gasteiger partial charge in [-0.3, -0.25) is 9.52 Å². The molecule has 0 aliphatic carbocycles. The number of amides is 1. The van der Waals surface area contributed by atoms with Gasteiger partial charge in [0.25, 0.3) is 15.9 Å². The average Bonchev–Trinajstić information content (AvgIpc) is 2.61. The van der Waals surface area contributed by atoms with Crippen LogP contribution in [0.1, 0.15) is 21.5 Å². The molecule has 3 aromatic rings. The van der Waals surface area contributed by atoms with Gasteiger partial charge in [-0.1, -0.05) is 6.07 Å². The van der Waals surface area contributed by atoms with Gasteiger partial charge in [0.2, 0.25) is 0 Å². The van der Waals surface area contributed by atoms with Crippen molar-refractivity contribution < 1.29 is 17.6 Å². The lowest BCUT2D eigenvalue weighted by Crippen LogP contribution is -2.14. The molecule has 0 aromatic heterocycles. The molecule has 144 valence electrons. The van der Waals surface area contributed by atoms with Crippen LogP contribution in [0.5, 0.6) is 0 Å². The molecule has 3 rings (SSSR count). The van der Waals surface area contributed by atoms with Crippen molar-refractivity contribution in [3.05, 3.63) is 89.2 Å². The van der Waals surface area contributed by atoms with Gasteiger partial charge in [0.05, 0.1) is 4.90 Å². The molecule has 0 saturated heterocycles. The molecule has 0 aliphatic heterocycles. The molecule has 3 aromatic carbocycles. The number of hydrogen-bond donors (Lipinski definition) is 2. The molecule has 0 saturated carbocycles. The lowest BCUT2D eigenvalue weighted by Gasteiger charge is -2.11. The van der Waals surface area contributed by atoms with E-state index in [0.717, 1.165) is 11.1 Å². The summed E-state index contributed by atoms with van der Waals surface area (Å²) in [5, 5.41) is 2.64. The van der Waals surface area contributed by atoms with Crippen LogP contribution in [0.2, 0.25) is 0 Å². The third kappa shape index (κ3) is 4.75. The van der Waals surface area contributed by atoms with E-state index >= 15 is 0 Å². The van der Waals surface area contributed by atoms with Crippen molar-refractivity contribution in [2.24, 2.45) is 0 Å². The molecule has 0 fully saturated rings. The highest BCUT2D eigenvalue weighted by atomic mass is 32.2. The second-order valence-electron chi connectivity index (χ2n) is 6.47. The van der Waals surface area contributed by atoms with Crippen LogP contribution < -0.4 is 10.0 Å². The monoisotopic (exact) mass is 398 g/mol. The topological polar surface area (TPSA) is 75.3 Å². The standard InChI is InChI=1S/C21H19FN2O3S/c1-14-11-15(2)13-19(12-14)24-28(26,27)20-9-7-18(8-10-20)23-21(25)16-3-5-17(22)6-4-16/h3-13,24H,1-2H3,(H,23,25). The van der Waals surface area contributed by atoms with Crippen LogP contribution in [0, 0.1) is 19.7 Å². The van der Waals surface area contributed by atoms with Crippen LogP contribution in [-0.4, -0.2) is 14.3 Å². The fourth-order valence-corrected chi connectivity index (χ4v) is 3.81. The minimum atomic E-state index is -3.75. The second kappa shape index (κ2) is 7.82. The molecule has 0 aliphatic rings. The number of sulfonamides is 1. The zero-order valence-electron chi connectivity index (χ0n) is 15.4. The Morgan fingerprint density at radius 2 is 1.39 bits per heavy atom. The maximum absolute atomic E-state index is 12.9. The summed E-state index contributed by atoms with van der Waals surface area (Å²) < 4.78 is 40.7. The van der Waals surface area contributed by atoms with Crippen molar-refractivity contribution >= 4 is 27.3 Å². The Hall–Kier alpha value is -3.19. The molecule has 1 amide bonds. The highest BCUT2D eigenvalue weighted by Gasteiger charge is 2.15. The Balaban J connectivity index is 1.73. The third-order valence-electron chi connectivity index (χ3n) is 4.00. The summed E-state index contributed by atoms with van der Waals surface area (Å²) in [6.45, 7) is 3.78. The lowest BCUT2D eigenvalue weighted by atomic mass is 10.1. The van der Waals surface area contributed by atoms with Gasteiger partial charge in [-0.25, -0.2) is 12.8 Å². The summed E-state index contributed by atoms with van der Waals surface area (Å²) in [5.74, 6) is -0.841. The molecular formula is C21H19FN2O3S. The van der Waals surface area contributed by atoms with Gasteiger partial charge in [0.1, 0.15) is 5.82 Å². The molecule has 0 spiro atoms. The maximum Gasteiger partial charge on any atom is 0.261 e. The van der Waals surface area contributed by atoms with Gasteiger partial charge < -0.3 is 5.32 Å². The molecule has 0 unspecified atom stereocenters. The first-order valence-corrected chi connectivity index (χ1v) is 9.99. The van der Waals surface area contributed by atoms with E-state index in [0.29, 0.717) is 16.9 Å². The first kappa shape index (κ1) is 19.6. The van der Waals surface area contributed by atoms with E-state index < -0.39 is 21.7 Å². The van der Waals surface area contributed by atoms with Crippen molar-refractivity contribution in [1.29, 1.82) is 0 Å². The Kier molecular flexibility index (Phi) is 5.46. The van der Waals surface area contributed by atoms with Crippen LogP contribution in [0.3, 0.4) is 0 Å². The summed E-state index contributed by atoms with van der Waals surface area (Å²) in [7, 11) is -3.75. The second-order valence-corrected chi connectivity index (χ2v) is 8.15. The fraction of sp³-hybridized carbons (Fsp3) is 0.0952. The van der Waals surface area contributed by atoms with E-state index in [9.17, 15) is 17.6 Å². The Labute approximate surface area is 163 Å². The summed E-state index contributed by atoms with van der Waals surface area (Å²) in [4.78, 5) is 12.2. The molecule has 28 heavy (non-hydrogen) atoms. The Morgan fingerprint density at radius 1 is 0.821 bits per heavy atom. The normalized spacial score (nSPS) is 11.1. The highest BCUT2D eigenvalue weighted by Crippen LogP contribution is 2.20. The van der Waals surface area contributed by atoms with Crippen molar-refractivity contribution in [1.82, 2.24) is 0 Å². The number of hydrogen-bond acceptors (Lipinski definition) is 3. The van der Waals surface area contributed by atoms with E-state index in [4.69, 9.17) is 0 Å². The van der Waals surface area contributed by atoms with Gasteiger partial charge in [0.15, 0.2) is 0 Å². The van der Waals surface area contributed by atoms with E-state index in [1.165, 1.54) is 48.5 Å². The largest absolute Gasteiger partial charge is 0.322 e. The number of aryl methyl sites for hydroxylation is 2. The van der Waals surface area contributed by atoms with E-state index in [2.05, 4.69) is 10.0 Å². The summed E-state index contributed by atoms with van der Waals surface area (Å²) in [6.07, 6.45) is 0. The number of carbonyl (C=O) groups is 1. The van der Waals surface area contributed by atoms with Gasteiger partial charge in [-0.15, -0.1) is 0 Å². The van der Waals surface area contributed by atoms with Crippen LogP contribution >= 0.6 is 0 Å². The summed E-state index contributed by atoms with van der Waals surface area (Å²) in [6, 6.07) is 16.4. The van der Waals surface area contributed by atoms with Crippen LogP contribution in [0.4, 0.5) is 15.8 Å².